The van der Waals surface area contributed by atoms with Crippen LogP contribution in [0.2, 0.25) is 0 Å². The van der Waals surface area contributed by atoms with Gasteiger partial charge in [0.1, 0.15) is 0 Å². The van der Waals surface area contributed by atoms with Crippen LogP contribution in [0.3, 0.4) is 0 Å². The molecule has 30 valence electrons. The number of carbonyl (C=O) groups excluding carboxylic acids is 1. The molecule has 0 heterocycles. The van der Waals surface area contributed by atoms with Crippen molar-refractivity contribution in [2.75, 3.05) is 0 Å². The molecule has 0 N–H and O–H groups in total. The Morgan fingerprint density at radius 3 is 2.00 bits per heavy atom. The molecule has 0 spiro atoms. The maximum absolute atomic E-state index is 9.05. The van der Waals surface area contributed by atoms with Crippen LogP contribution >= 0.6 is 0 Å². The molecule has 0 aliphatic rings. The van der Waals surface area contributed by atoms with Gasteiger partial charge in [0, 0.05) is 4.79 Å². The minimum absolute atomic E-state index is 0. The third-order valence-electron chi connectivity index (χ3n) is 0.144. The van der Waals surface area contributed by atoms with Gasteiger partial charge in [-0.25, -0.2) is 0 Å². The summed E-state index contributed by atoms with van der Waals surface area (Å²) in [7, 11) is 0. The van der Waals surface area contributed by atoms with E-state index in [4.69, 9.17) is 4.79 Å². The van der Waals surface area contributed by atoms with Gasteiger partial charge in [0.05, 0.1) is 0 Å². The standard InChI is InChI=1S/C3H5O.HI/c1-2-3-4;/h2H2,1H3;1H/q+1;/p-1. The Morgan fingerprint density at radius 1 is 1.80 bits per heavy atom. The van der Waals surface area contributed by atoms with E-state index in [1.807, 2.05) is 0 Å². The van der Waals surface area contributed by atoms with E-state index >= 15 is 0 Å². The molecule has 0 amide bonds. The average Bonchev–Trinajstić information content (AvgIpc) is 1.37. The van der Waals surface area contributed by atoms with Gasteiger partial charge >= 0.3 is 6.29 Å². The first-order valence-corrected chi connectivity index (χ1v) is 1.26. The summed E-state index contributed by atoms with van der Waals surface area (Å²) in [6.07, 6.45) is 2.19. The fourth-order valence-corrected chi connectivity index (χ4v) is 0. The maximum atomic E-state index is 9.05. The lowest BCUT2D eigenvalue weighted by atomic mass is 10.6. The van der Waals surface area contributed by atoms with E-state index in [0.717, 1.165) is 0 Å². The lowest BCUT2D eigenvalue weighted by molar-refractivity contribution is -0.00000205. The first-order valence-electron chi connectivity index (χ1n) is 1.26. The Balaban J connectivity index is 0. The smallest absolute Gasteiger partial charge is 0.505 e. The molecule has 0 saturated carbocycles. The molecule has 0 rings (SSSR count). The summed E-state index contributed by atoms with van der Waals surface area (Å²) in [5.41, 5.74) is 0. The quantitative estimate of drug-likeness (QED) is 0.325. The SMILES string of the molecule is CC[C+]=O.[I-]. The fraction of sp³-hybridized carbons (Fsp3) is 0.667. The monoisotopic (exact) mass is 184 g/mol. The van der Waals surface area contributed by atoms with Gasteiger partial charge in [0.25, 0.3) is 0 Å². The molecule has 0 saturated heterocycles. The molecule has 0 atom stereocenters. The van der Waals surface area contributed by atoms with Crippen LogP contribution in [0.15, 0.2) is 0 Å². The average molecular weight is 184 g/mol. The highest BCUT2D eigenvalue weighted by Crippen LogP contribution is 1.53. The van der Waals surface area contributed by atoms with Crippen LogP contribution in [0, 0.1) is 0 Å². The molecule has 1 nitrogen and oxygen atoms in total. The van der Waals surface area contributed by atoms with E-state index in [1.54, 1.807) is 13.2 Å². The van der Waals surface area contributed by atoms with Gasteiger partial charge < -0.3 is 24.0 Å². The molecule has 0 aromatic carbocycles. The van der Waals surface area contributed by atoms with Crippen molar-refractivity contribution in [3.05, 3.63) is 0 Å². The second-order valence-electron chi connectivity index (χ2n) is 0.498. The summed E-state index contributed by atoms with van der Waals surface area (Å²) >= 11 is 0. The zero-order chi connectivity index (χ0) is 3.41. The summed E-state index contributed by atoms with van der Waals surface area (Å²) in [6.45, 7) is 1.76. The molecule has 0 bridgehead atoms. The summed E-state index contributed by atoms with van der Waals surface area (Å²) in [5.74, 6) is 0. The van der Waals surface area contributed by atoms with Crippen molar-refractivity contribution >= 4 is 6.29 Å². The zero-order valence-electron chi connectivity index (χ0n) is 2.99. The van der Waals surface area contributed by atoms with Crippen LogP contribution in [0.5, 0.6) is 0 Å². The van der Waals surface area contributed by atoms with E-state index < -0.39 is 0 Å². The fourth-order valence-electron chi connectivity index (χ4n) is 0. The second-order valence-corrected chi connectivity index (χ2v) is 0.498. The van der Waals surface area contributed by atoms with Crippen LogP contribution in [-0.2, 0) is 4.79 Å². The summed E-state index contributed by atoms with van der Waals surface area (Å²) in [5, 5.41) is 0. The highest BCUT2D eigenvalue weighted by molar-refractivity contribution is 5.49. The Morgan fingerprint density at radius 2 is 2.00 bits per heavy atom. The number of rotatable bonds is 1. The van der Waals surface area contributed by atoms with Crippen molar-refractivity contribution in [2.45, 2.75) is 13.3 Å². The van der Waals surface area contributed by atoms with Gasteiger partial charge in [-0.1, -0.05) is 0 Å². The molecule has 0 aliphatic carbocycles. The van der Waals surface area contributed by atoms with E-state index in [-0.39, 0.29) is 24.0 Å². The van der Waals surface area contributed by atoms with Crippen LogP contribution < -0.4 is 24.0 Å². The van der Waals surface area contributed by atoms with Crippen molar-refractivity contribution in [1.29, 1.82) is 0 Å². The zero-order valence-corrected chi connectivity index (χ0v) is 5.15. The van der Waals surface area contributed by atoms with Gasteiger partial charge in [0.15, 0.2) is 0 Å². The van der Waals surface area contributed by atoms with Gasteiger partial charge in [-0.2, -0.15) is 0 Å². The molecule has 2 heteroatoms. The predicted octanol–water partition coefficient (Wildman–Crippen LogP) is -2.49. The maximum Gasteiger partial charge on any atom is 0.505 e. The van der Waals surface area contributed by atoms with E-state index in [9.17, 15) is 0 Å². The van der Waals surface area contributed by atoms with E-state index in [1.165, 1.54) is 0 Å². The predicted molar refractivity (Wildman–Crippen MR) is 16.0 cm³/mol. The summed E-state index contributed by atoms with van der Waals surface area (Å²) in [6, 6.07) is 0. The molecule has 0 unspecified atom stereocenters. The van der Waals surface area contributed by atoms with Crippen LogP contribution in [-0.4, -0.2) is 6.29 Å². The highest BCUT2D eigenvalue weighted by Gasteiger charge is 1.78. The Kier molecular flexibility index (Phi) is 15.9. The number of hydrogen-bond acceptors (Lipinski definition) is 1. The van der Waals surface area contributed by atoms with E-state index in [2.05, 4.69) is 0 Å². The lowest BCUT2D eigenvalue weighted by Crippen LogP contribution is -3.00. The van der Waals surface area contributed by atoms with Crippen LogP contribution in [0.1, 0.15) is 13.3 Å². The molecular formula is C3H5IO. The molecule has 0 aliphatic heterocycles. The molecule has 0 radical (unpaired) electrons. The lowest BCUT2D eigenvalue weighted by Gasteiger charge is -1.28. The second kappa shape index (κ2) is 8.85. The normalized spacial score (nSPS) is 4.20. The Labute approximate surface area is 48.8 Å². The summed E-state index contributed by atoms with van der Waals surface area (Å²) in [4.78, 5) is 9.05. The van der Waals surface area contributed by atoms with Gasteiger partial charge in [-0.05, 0) is 6.92 Å². The summed E-state index contributed by atoms with van der Waals surface area (Å²) < 4.78 is 0. The van der Waals surface area contributed by atoms with Gasteiger partial charge in [0.2, 0.25) is 6.42 Å². The largest absolute Gasteiger partial charge is 1.00 e. The van der Waals surface area contributed by atoms with Crippen molar-refractivity contribution in [2.24, 2.45) is 0 Å². The molecule has 0 aromatic heterocycles. The van der Waals surface area contributed by atoms with Gasteiger partial charge in [-0.3, -0.25) is 0 Å². The molecule has 0 aromatic rings. The van der Waals surface area contributed by atoms with Crippen molar-refractivity contribution in [1.82, 2.24) is 0 Å². The third kappa shape index (κ3) is 13.4. The number of halogens is 1. The van der Waals surface area contributed by atoms with E-state index in [0.29, 0.717) is 6.42 Å². The Hall–Kier alpha value is 0.310. The topological polar surface area (TPSA) is 17.1 Å². The Bertz CT molecular complexity index is 20.9. The third-order valence-corrected chi connectivity index (χ3v) is 0.144. The number of hydrogen-bond donors (Lipinski definition) is 0. The van der Waals surface area contributed by atoms with Crippen LogP contribution in [0.4, 0.5) is 0 Å². The molecule has 0 fully saturated rings. The van der Waals surface area contributed by atoms with Gasteiger partial charge in [-0.15, -0.1) is 0 Å². The van der Waals surface area contributed by atoms with Crippen molar-refractivity contribution in [3.8, 4) is 0 Å². The first kappa shape index (κ1) is 9.00. The highest BCUT2D eigenvalue weighted by atomic mass is 127. The van der Waals surface area contributed by atoms with Crippen LogP contribution in [0.25, 0.3) is 0 Å². The minimum Gasteiger partial charge on any atom is -1.00 e. The first-order chi connectivity index (χ1) is 1.91. The molecule has 5 heavy (non-hydrogen) atoms. The minimum atomic E-state index is 0. The van der Waals surface area contributed by atoms with Crippen molar-refractivity contribution in [3.63, 3.8) is 0 Å². The van der Waals surface area contributed by atoms with Crippen molar-refractivity contribution < 1.29 is 28.8 Å². The molecular weight excluding hydrogens is 179 g/mol.